The first-order valence-corrected chi connectivity index (χ1v) is 7.46. The number of hydrogen-bond donors (Lipinski definition) is 1. The number of nitrogens with one attached hydrogen (secondary N) is 1. The van der Waals surface area contributed by atoms with Gasteiger partial charge < -0.3 is 14.6 Å². The molecule has 0 radical (unpaired) electrons. The van der Waals surface area contributed by atoms with Crippen LogP contribution in [0.4, 0.5) is 0 Å². The molecule has 1 aliphatic carbocycles. The molecule has 1 aliphatic heterocycles. The Balaban J connectivity index is 1.34. The van der Waals surface area contributed by atoms with Crippen LogP contribution in [0.5, 0.6) is 0 Å². The highest BCUT2D eigenvalue weighted by Gasteiger charge is 2.45. The monoisotopic (exact) mass is 277 g/mol. The molecule has 2 fully saturated rings. The minimum atomic E-state index is 0.119. The zero-order valence-electron chi connectivity index (χ0n) is 12.0. The van der Waals surface area contributed by atoms with E-state index in [0.717, 1.165) is 51.4 Å². The zero-order valence-corrected chi connectivity index (χ0v) is 12.0. The molecule has 0 aromatic carbocycles. The Kier molecular flexibility index (Phi) is 4.08. The van der Waals surface area contributed by atoms with Crippen molar-refractivity contribution in [1.29, 1.82) is 0 Å². The lowest BCUT2D eigenvalue weighted by Gasteiger charge is -2.32. The van der Waals surface area contributed by atoms with Gasteiger partial charge in [0.05, 0.1) is 6.26 Å². The highest BCUT2D eigenvalue weighted by atomic mass is 16.3. The first-order chi connectivity index (χ1) is 9.74. The van der Waals surface area contributed by atoms with E-state index in [2.05, 4.69) is 22.2 Å². The average molecular weight is 277 g/mol. The molecule has 2 atom stereocenters. The van der Waals surface area contributed by atoms with E-state index in [0.29, 0.717) is 5.92 Å². The predicted molar refractivity (Wildman–Crippen MR) is 76.5 cm³/mol. The van der Waals surface area contributed by atoms with Crippen LogP contribution in [0.25, 0.3) is 0 Å². The second-order valence-electron chi connectivity index (χ2n) is 5.90. The van der Waals surface area contributed by atoms with Crippen LogP contribution in [-0.2, 0) is 4.79 Å². The second-order valence-corrected chi connectivity index (χ2v) is 5.90. The molecule has 0 spiro atoms. The average Bonchev–Trinajstić information content (AvgIpc) is 3.07. The van der Waals surface area contributed by atoms with Crippen molar-refractivity contribution in [3.8, 4) is 0 Å². The smallest absolute Gasteiger partial charge is 0.223 e. The molecule has 2 heterocycles. The van der Waals surface area contributed by atoms with Crippen molar-refractivity contribution in [2.24, 2.45) is 5.92 Å². The summed E-state index contributed by atoms with van der Waals surface area (Å²) in [5.41, 5.74) is 0. The number of carbonyl (C=O) groups excluding carboxylic acids is 1. The predicted octanol–water partition coefficient (Wildman–Crippen LogP) is 0.747. The number of carbonyl (C=O) groups is 1. The maximum atomic E-state index is 12.0. The summed E-state index contributed by atoms with van der Waals surface area (Å²) in [6.45, 7) is 6.16. The molecule has 1 saturated heterocycles. The van der Waals surface area contributed by atoms with Gasteiger partial charge in [0.2, 0.25) is 5.91 Å². The first-order valence-electron chi connectivity index (χ1n) is 7.46. The van der Waals surface area contributed by atoms with Gasteiger partial charge in [0.1, 0.15) is 5.76 Å². The van der Waals surface area contributed by atoms with Crippen LogP contribution < -0.4 is 5.32 Å². The second kappa shape index (κ2) is 5.97. The van der Waals surface area contributed by atoms with Gasteiger partial charge in [-0.05, 0) is 25.6 Å². The van der Waals surface area contributed by atoms with Crippen LogP contribution in [0.15, 0.2) is 22.8 Å². The third-order valence-electron chi connectivity index (χ3n) is 4.36. The first kappa shape index (κ1) is 13.6. The van der Waals surface area contributed by atoms with Gasteiger partial charge in [0.15, 0.2) is 0 Å². The van der Waals surface area contributed by atoms with Gasteiger partial charge in [-0.25, -0.2) is 0 Å². The van der Waals surface area contributed by atoms with Crippen molar-refractivity contribution in [2.45, 2.75) is 12.3 Å². The van der Waals surface area contributed by atoms with Gasteiger partial charge in [0.25, 0.3) is 0 Å². The van der Waals surface area contributed by atoms with Crippen LogP contribution >= 0.6 is 0 Å². The SMILES string of the molecule is CN1CCN(CCNC(=O)[C@H]2C[C@@H]2c2ccco2)CC1. The Hall–Kier alpha value is -1.33. The number of piperazine rings is 1. The summed E-state index contributed by atoms with van der Waals surface area (Å²) in [6, 6.07) is 3.85. The quantitative estimate of drug-likeness (QED) is 0.863. The molecule has 20 heavy (non-hydrogen) atoms. The van der Waals surface area contributed by atoms with Crippen molar-refractivity contribution >= 4 is 5.91 Å². The van der Waals surface area contributed by atoms with Gasteiger partial charge in [-0.2, -0.15) is 0 Å². The van der Waals surface area contributed by atoms with Gasteiger partial charge in [-0.1, -0.05) is 0 Å². The van der Waals surface area contributed by atoms with Gasteiger partial charge in [-0.3, -0.25) is 9.69 Å². The van der Waals surface area contributed by atoms with E-state index < -0.39 is 0 Å². The molecule has 5 nitrogen and oxygen atoms in total. The molecule has 1 N–H and O–H groups in total. The summed E-state index contributed by atoms with van der Waals surface area (Å²) < 4.78 is 5.35. The maximum absolute atomic E-state index is 12.0. The number of rotatable bonds is 5. The summed E-state index contributed by atoms with van der Waals surface area (Å²) in [6.07, 6.45) is 2.60. The highest BCUT2D eigenvalue weighted by molar-refractivity contribution is 5.82. The Morgan fingerprint density at radius 2 is 2.20 bits per heavy atom. The topological polar surface area (TPSA) is 48.7 Å². The molecule has 3 rings (SSSR count). The molecule has 1 aromatic rings. The number of hydrogen-bond acceptors (Lipinski definition) is 4. The normalized spacial score (nSPS) is 27.4. The molecule has 1 amide bonds. The number of nitrogens with zero attached hydrogens (tertiary/aromatic N) is 2. The standard InChI is InChI=1S/C15H23N3O2/c1-17-6-8-18(9-7-17)5-4-16-15(19)13-11-12(13)14-3-2-10-20-14/h2-3,10,12-13H,4-9,11H2,1H3,(H,16,19)/t12-,13-/m0/s1. The highest BCUT2D eigenvalue weighted by Crippen LogP contribution is 2.47. The van der Waals surface area contributed by atoms with E-state index in [4.69, 9.17) is 4.42 Å². The summed E-state index contributed by atoms with van der Waals surface area (Å²) in [5, 5.41) is 3.06. The molecular formula is C15H23N3O2. The fourth-order valence-electron chi connectivity index (χ4n) is 2.84. The Morgan fingerprint density at radius 1 is 1.40 bits per heavy atom. The maximum Gasteiger partial charge on any atom is 0.223 e. The van der Waals surface area contributed by atoms with Crippen molar-refractivity contribution in [2.75, 3.05) is 46.3 Å². The third-order valence-corrected chi connectivity index (χ3v) is 4.36. The largest absolute Gasteiger partial charge is 0.469 e. The van der Waals surface area contributed by atoms with Crippen molar-refractivity contribution in [3.63, 3.8) is 0 Å². The number of amides is 1. The summed E-state index contributed by atoms with van der Waals surface area (Å²) in [7, 11) is 2.15. The fourth-order valence-corrected chi connectivity index (χ4v) is 2.84. The summed E-state index contributed by atoms with van der Waals surface area (Å²) in [4.78, 5) is 16.8. The molecule has 0 unspecified atom stereocenters. The van der Waals surface area contributed by atoms with Crippen molar-refractivity contribution in [3.05, 3.63) is 24.2 Å². The van der Waals surface area contributed by atoms with Crippen LogP contribution in [0.1, 0.15) is 18.1 Å². The van der Waals surface area contributed by atoms with Crippen molar-refractivity contribution in [1.82, 2.24) is 15.1 Å². The number of furan rings is 1. The van der Waals surface area contributed by atoms with Crippen LogP contribution in [0.3, 0.4) is 0 Å². The van der Waals surface area contributed by atoms with Gasteiger partial charge in [-0.15, -0.1) is 0 Å². The Morgan fingerprint density at radius 3 is 2.90 bits per heavy atom. The molecule has 5 heteroatoms. The zero-order chi connectivity index (χ0) is 13.9. The molecule has 1 saturated carbocycles. The lowest BCUT2D eigenvalue weighted by Crippen LogP contribution is -2.47. The minimum absolute atomic E-state index is 0.119. The molecule has 2 aliphatic rings. The summed E-state index contributed by atoms with van der Waals surface area (Å²) >= 11 is 0. The summed E-state index contributed by atoms with van der Waals surface area (Å²) in [5.74, 6) is 1.55. The van der Waals surface area contributed by atoms with Crippen molar-refractivity contribution < 1.29 is 9.21 Å². The van der Waals surface area contributed by atoms with E-state index in [9.17, 15) is 4.79 Å². The molecule has 110 valence electrons. The lowest BCUT2D eigenvalue weighted by atomic mass is 10.2. The molecule has 0 bridgehead atoms. The van der Waals surface area contributed by atoms with Crippen LogP contribution in [0.2, 0.25) is 0 Å². The Bertz CT molecular complexity index is 438. The van der Waals surface area contributed by atoms with Crippen LogP contribution in [0, 0.1) is 5.92 Å². The van der Waals surface area contributed by atoms with E-state index in [1.165, 1.54) is 0 Å². The van der Waals surface area contributed by atoms with E-state index in [-0.39, 0.29) is 11.8 Å². The fraction of sp³-hybridized carbons (Fsp3) is 0.667. The van der Waals surface area contributed by atoms with E-state index >= 15 is 0 Å². The van der Waals surface area contributed by atoms with Gasteiger partial charge in [0, 0.05) is 51.1 Å². The number of likely N-dealkylation sites (N-methyl/N-ethyl adjacent to an activating group) is 1. The molecule has 1 aromatic heterocycles. The molecular weight excluding hydrogens is 254 g/mol. The Labute approximate surface area is 119 Å². The lowest BCUT2D eigenvalue weighted by molar-refractivity contribution is -0.122. The van der Waals surface area contributed by atoms with Gasteiger partial charge >= 0.3 is 0 Å². The minimum Gasteiger partial charge on any atom is -0.469 e. The van der Waals surface area contributed by atoms with Crippen LogP contribution in [-0.4, -0.2) is 62.0 Å². The van der Waals surface area contributed by atoms with E-state index in [1.54, 1.807) is 6.26 Å². The third kappa shape index (κ3) is 3.22. The van der Waals surface area contributed by atoms with E-state index in [1.807, 2.05) is 12.1 Å².